The maximum absolute atomic E-state index is 13.0. The molecule has 0 bridgehead atoms. The summed E-state index contributed by atoms with van der Waals surface area (Å²) in [5, 5.41) is 0. The summed E-state index contributed by atoms with van der Waals surface area (Å²) < 4.78 is 24.3. The smallest absolute Gasteiger partial charge is 0.289 e. The fourth-order valence-electron chi connectivity index (χ4n) is 1.41. The molecule has 0 amide bonds. The van der Waals surface area contributed by atoms with Crippen molar-refractivity contribution in [1.29, 1.82) is 0 Å². The van der Waals surface area contributed by atoms with Crippen molar-refractivity contribution in [3.8, 4) is 24.7 Å². The second-order valence-electron chi connectivity index (χ2n) is 5.37. The SMILES string of the molecule is C#CC(C)(CC)OP(=O)(CC(=C)C)OC(C)(C#C)CC. The number of hydrogen-bond acceptors (Lipinski definition) is 3. The van der Waals surface area contributed by atoms with Crippen molar-refractivity contribution in [3.63, 3.8) is 0 Å². The van der Waals surface area contributed by atoms with E-state index in [1.54, 1.807) is 20.8 Å². The lowest BCUT2D eigenvalue weighted by molar-refractivity contribution is 0.0646. The van der Waals surface area contributed by atoms with Gasteiger partial charge in [-0.25, -0.2) is 0 Å². The molecule has 0 aliphatic rings. The van der Waals surface area contributed by atoms with Crippen molar-refractivity contribution >= 4 is 7.60 Å². The van der Waals surface area contributed by atoms with Gasteiger partial charge in [0, 0.05) is 0 Å². The number of allylic oxidation sites excluding steroid dienone is 1. The maximum Gasteiger partial charge on any atom is 0.337 e. The summed E-state index contributed by atoms with van der Waals surface area (Å²) in [4.78, 5) is 0. The average Bonchev–Trinajstić information content (AvgIpc) is 2.36. The van der Waals surface area contributed by atoms with Gasteiger partial charge in [-0.2, -0.15) is 0 Å². The third kappa shape index (κ3) is 5.56. The predicted molar refractivity (Wildman–Crippen MR) is 84.5 cm³/mol. The molecule has 0 saturated carbocycles. The third-order valence-electron chi connectivity index (χ3n) is 3.10. The molecule has 2 unspecified atom stereocenters. The Kier molecular flexibility index (Phi) is 6.79. The topological polar surface area (TPSA) is 35.5 Å². The minimum atomic E-state index is -3.47. The summed E-state index contributed by atoms with van der Waals surface area (Å²) in [5.74, 6) is 5.05. The Labute approximate surface area is 123 Å². The fourth-order valence-corrected chi connectivity index (χ4v) is 3.83. The predicted octanol–water partition coefficient (Wildman–Crippen LogP) is 4.39. The van der Waals surface area contributed by atoms with Crippen molar-refractivity contribution in [1.82, 2.24) is 0 Å². The monoisotopic (exact) mass is 296 g/mol. The molecule has 0 rings (SSSR count). The van der Waals surface area contributed by atoms with Crippen LogP contribution in [-0.4, -0.2) is 17.4 Å². The normalized spacial score (nSPS) is 19.8. The highest BCUT2D eigenvalue weighted by atomic mass is 31.2. The Morgan fingerprint density at radius 1 is 1.15 bits per heavy atom. The lowest BCUT2D eigenvalue weighted by Crippen LogP contribution is -2.30. The van der Waals surface area contributed by atoms with Gasteiger partial charge in [-0.3, -0.25) is 13.6 Å². The standard InChI is InChI=1S/C16H25O3P/c1-9-15(7,10-2)18-20(17,13-14(5)6)19-16(8,11-3)12-4/h1,3H,5,10,12-13H2,2,4,6-8H3. The molecular formula is C16H25O3P. The Hall–Kier alpha value is -0.990. The summed E-state index contributed by atoms with van der Waals surface area (Å²) in [5.41, 5.74) is -1.21. The van der Waals surface area contributed by atoms with Crippen LogP contribution < -0.4 is 0 Å². The Morgan fingerprint density at radius 2 is 1.50 bits per heavy atom. The molecule has 0 aliphatic heterocycles. The zero-order chi connectivity index (χ0) is 16.0. The van der Waals surface area contributed by atoms with E-state index >= 15 is 0 Å². The molecule has 0 aromatic rings. The Bertz CT molecular complexity index is 449. The fraction of sp³-hybridized carbons (Fsp3) is 0.625. The van der Waals surface area contributed by atoms with E-state index in [9.17, 15) is 4.57 Å². The largest absolute Gasteiger partial charge is 0.337 e. The number of terminal acetylenes is 2. The van der Waals surface area contributed by atoms with Crippen LogP contribution in [0.1, 0.15) is 47.5 Å². The van der Waals surface area contributed by atoms with E-state index in [1.165, 1.54) is 0 Å². The molecule has 0 radical (unpaired) electrons. The van der Waals surface area contributed by atoms with Gasteiger partial charge in [0.1, 0.15) is 11.2 Å². The van der Waals surface area contributed by atoms with Crippen molar-refractivity contribution in [2.75, 3.05) is 6.16 Å². The van der Waals surface area contributed by atoms with Gasteiger partial charge >= 0.3 is 7.60 Å². The molecule has 0 spiro atoms. The van der Waals surface area contributed by atoms with Crippen LogP contribution >= 0.6 is 7.60 Å². The first-order chi connectivity index (χ1) is 9.07. The summed E-state index contributed by atoms with van der Waals surface area (Å²) in [6.07, 6.45) is 12.1. The van der Waals surface area contributed by atoms with Crippen LogP contribution in [0.5, 0.6) is 0 Å². The van der Waals surface area contributed by atoms with Gasteiger partial charge in [0.05, 0.1) is 6.16 Å². The molecule has 0 aliphatic carbocycles. The van der Waals surface area contributed by atoms with Gasteiger partial charge in [-0.05, 0) is 33.6 Å². The van der Waals surface area contributed by atoms with Crippen LogP contribution in [0.25, 0.3) is 0 Å². The van der Waals surface area contributed by atoms with E-state index < -0.39 is 18.8 Å². The van der Waals surface area contributed by atoms with Gasteiger partial charge in [-0.15, -0.1) is 12.8 Å². The molecule has 4 heteroatoms. The van der Waals surface area contributed by atoms with Crippen LogP contribution in [0, 0.1) is 24.7 Å². The highest BCUT2D eigenvalue weighted by Crippen LogP contribution is 2.56. The summed E-state index contributed by atoms with van der Waals surface area (Å²) >= 11 is 0. The summed E-state index contributed by atoms with van der Waals surface area (Å²) in [6.45, 7) is 12.7. The second-order valence-corrected chi connectivity index (χ2v) is 7.27. The minimum Gasteiger partial charge on any atom is -0.289 e. The zero-order valence-corrected chi connectivity index (χ0v) is 14.0. The second kappa shape index (κ2) is 7.14. The molecule has 20 heavy (non-hydrogen) atoms. The van der Waals surface area contributed by atoms with Gasteiger partial charge in [0.25, 0.3) is 0 Å². The first-order valence-electron chi connectivity index (χ1n) is 6.68. The van der Waals surface area contributed by atoms with Crippen molar-refractivity contribution in [3.05, 3.63) is 12.2 Å². The molecule has 112 valence electrons. The van der Waals surface area contributed by atoms with Crippen LogP contribution in [0.4, 0.5) is 0 Å². The van der Waals surface area contributed by atoms with E-state index in [0.29, 0.717) is 18.4 Å². The lowest BCUT2D eigenvalue weighted by Gasteiger charge is -2.33. The van der Waals surface area contributed by atoms with E-state index in [4.69, 9.17) is 21.9 Å². The van der Waals surface area contributed by atoms with E-state index in [0.717, 1.165) is 0 Å². The Balaban J connectivity index is 5.45. The van der Waals surface area contributed by atoms with Gasteiger partial charge in [-0.1, -0.05) is 37.8 Å². The van der Waals surface area contributed by atoms with Crippen molar-refractivity contribution in [2.45, 2.75) is 58.7 Å². The first-order valence-corrected chi connectivity index (χ1v) is 8.41. The molecule has 0 aromatic carbocycles. The van der Waals surface area contributed by atoms with E-state index in [-0.39, 0.29) is 6.16 Å². The van der Waals surface area contributed by atoms with Crippen molar-refractivity contribution in [2.24, 2.45) is 0 Å². The van der Waals surface area contributed by atoms with Crippen LogP contribution in [-0.2, 0) is 13.6 Å². The van der Waals surface area contributed by atoms with Crippen LogP contribution in [0.15, 0.2) is 12.2 Å². The molecule has 2 atom stereocenters. The van der Waals surface area contributed by atoms with E-state index in [2.05, 4.69) is 18.4 Å². The number of hydrogen-bond donors (Lipinski definition) is 0. The number of rotatable bonds is 8. The molecule has 0 heterocycles. The Morgan fingerprint density at radius 3 is 1.70 bits per heavy atom. The highest BCUT2D eigenvalue weighted by molar-refractivity contribution is 7.54. The molecule has 0 fully saturated rings. The van der Waals surface area contributed by atoms with E-state index in [1.807, 2.05) is 13.8 Å². The minimum absolute atomic E-state index is 0.0988. The molecule has 0 N–H and O–H groups in total. The van der Waals surface area contributed by atoms with Crippen LogP contribution in [0.3, 0.4) is 0 Å². The van der Waals surface area contributed by atoms with Gasteiger partial charge in [0.2, 0.25) is 0 Å². The molecule has 3 nitrogen and oxygen atoms in total. The molecular weight excluding hydrogens is 271 g/mol. The lowest BCUT2D eigenvalue weighted by atomic mass is 10.1. The van der Waals surface area contributed by atoms with Gasteiger partial charge in [0.15, 0.2) is 0 Å². The zero-order valence-electron chi connectivity index (χ0n) is 13.2. The highest BCUT2D eigenvalue weighted by Gasteiger charge is 2.39. The average molecular weight is 296 g/mol. The molecule has 0 aromatic heterocycles. The maximum atomic E-state index is 13.0. The first kappa shape index (κ1) is 19.0. The van der Waals surface area contributed by atoms with Gasteiger partial charge < -0.3 is 0 Å². The molecule has 0 saturated heterocycles. The van der Waals surface area contributed by atoms with Crippen molar-refractivity contribution < 1.29 is 13.6 Å². The summed E-state index contributed by atoms with van der Waals surface area (Å²) in [6, 6.07) is 0. The third-order valence-corrected chi connectivity index (χ3v) is 5.39. The van der Waals surface area contributed by atoms with Crippen LogP contribution in [0.2, 0.25) is 0 Å². The summed E-state index contributed by atoms with van der Waals surface area (Å²) in [7, 11) is -3.47. The quantitative estimate of drug-likeness (QED) is 0.378.